The summed E-state index contributed by atoms with van der Waals surface area (Å²) in [7, 11) is 0. The molecule has 248 valence electrons. The van der Waals surface area contributed by atoms with Crippen LogP contribution in [0.3, 0.4) is 0 Å². The van der Waals surface area contributed by atoms with Crippen molar-refractivity contribution in [1.29, 1.82) is 0 Å². The van der Waals surface area contributed by atoms with Crippen molar-refractivity contribution >= 4 is 11.4 Å². The van der Waals surface area contributed by atoms with E-state index in [0.717, 1.165) is 52.1 Å². The first-order valence-corrected chi connectivity index (χ1v) is 18.0. The second kappa shape index (κ2) is 14.1. The zero-order valence-corrected chi connectivity index (χ0v) is 29.2. The SMILES string of the molecule is CCC[C@H]1CC[C@@H](C2CCC(c3cc(C)c(Oc4ccc(N)cc4)c(C)c3)(c3cc(C)c(Oc4ccc(N)cc4)c(C)c3)CC2)CC1. The van der Waals surface area contributed by atoms with Crippen molar-refractivity contribution in [2.75, 3.05) is 11.5 Å². The minimum absolute atomic E-state index is 0.0552. The third-order valence-electron chi connectivity index (χ3n) is 11.4. The summed E-state index contributed by atoms with van der Waals surface area (Å²) in [5.74, 6) is 6.17. The van der Waals surface area contributed by atoms with Gasteiger partial charge in [0.1, 0.15) is 23.0 Å². The van der Waals surface area contributed by atoms with Crippen LogP contribution in [-0.2, 0) is 5.41 Å². The molecule has 4 N–H and O–H groups in total. The fourth-order valence-corrected chi connectivity index (χ4v) is 8.79. The Labute approximate surface area is 282 Å². The normalized spacial score (nSPS) is 19.8. The Morgan fingerprint density at radius 1 is 0.574 bits per heavy atom. The summed E-state index contributed by atoms with van der Waals surface area (Å²) in [4.78, 5) is 0. The first-order valence-electron chi connectivity index (χ1n) is 18.0. The molecule has 6 rings (SSSR count). The Morgan fingerprint density at radius 2 is 0.957 bits per heavy atom. The molecule has 4 heteroatoms. The molecule has 0 amide bonds. The standard InChI is InChI=1S/C43H54N2O2/c1-6-7-32-8-10-33(11-9-32)34-20-22-43(23-21-34,35-24-28(2)41(29(3)25-35)46-39-16-12-37(44)13-17-39)36-26-30(4)42(31(5)27-36)47-40-18-14-38(45)15-19-40/h12-19,24-27,32-34H,6-11,20-23,44-45H2,1-5H3/t32-,33+. The molecule has 4 aromatic rings. The second-order valence-corrected chi connectivity index (χ2v) is 14.7. The molecule has 0 aliphatic heterocycles. The lowest BCUT2D eigenvalue weighted by Crippen LogP contribution is -2.36. The zero-order valence-electron chi connectivity index (χ0n) is 29.2. The molecule has 0 unspecified atom stereocenters. The molecule has 4 nitrogen and oxygen atoms in total. The van der Waals surface area contributed by atoms with Gasteiger partial charge in [0.25, 0.3) is 0 Å². The molecule has 0 saturated heterocycles. The van der Waals surface area contributed by atoms with Gasteiger partial charge in [-0.3, -0.25) is 0 Å². The van der Waals surface area contributed by atoms with Crippen molar-refractivity contribution < 1.29 is 9.47 Å². The number of anilines is 2. The molecule has 0 spiro atoms. The van der Waals surface area contributed by atoms with Crippen LogP contribution in [0.25, 0.3) is 0 Å². The van der Waals surface area contributed by atoms with Gasteiger partial charge in [0.05, 0.1) is 0 Å². The Kier molecular flexibility index (Phi) is 9.87. The van der Waals surface area contributed by atoms with Gasteiger partial charge in [-0.15, -0.1) is 0 Å². The minimum atomic E-state index is -0.0552. The summed E-state index contributed by atoms with van der Waals surface area (Å²) in [6.07, 6.45) is 13.4. The second-order valence-electron chi connectivity index (χ2n) is 14.7. The maximum Gasteiger partial charge on any atom is 0.133 e. The molecule has 2 aliphatic rings. The number of hydrogen-bond donors (Lipinski definition) is 2. The van der Waals surface area contributed by atoms with Gasteiger partial charge in [-0.25, -0.2) is 0 Å². The van der Waals surface area contributed by atoms with Gasteiger partial charge >= 0.3 is 0 Å². The van der Waals surface area contributed by atoms with Gasteiger partial charge in [0.2, 0.25) is 0 Å². The molecule has 0 aromatic heterocycles. The highest BCUT2D eigenvalue weighted by Crippen LogP contribution is 2.52. The minimum Gasteiger partial charge on any atom is -0.457 e. The van der Waals surface area contributed by atoms with Crippen molar-refractivity contribution in [3.05, 3.63) is 106 Å². The molecule has 0 heterocycles. The molecule has 2 fully saturated rings. The van der Waals surface area contributed by atoms with Crippen LogP contribution in [0.5, 0.6) is 23.0 Å². The van der Waals surface area contributed by atoms with E-state index < -0.39 is 0 Å². The van der Waals surface area contributed by atoms with Crippen molar-refractivity contribution in [3.8, 4) is 23.0 Å². The summed E-state index contributed by atoms with van der Waals surface area (Å²) in [5.41, 5.74) is 20.8. The Balaban J connectivity index is 1.33. The zero-order chi connectivity index (χ0) is 33.1. The largest absolute Gasteiger partial charge is 0.457 e. The molecule has 2 saturated carbocycles. The molecule has 0 radical (unpaired) electrons. The van der Waals surface area contributed by atoms with E-state index in [4.69, 9.17) is 20.9 Å². The fraction of sp³-hybridized carbons (Fsp3) is 0.442. The third-order valence-corrected chi connectivity index (χ3v) is 11.4. The lowest BCUT2D eigenvalue weighted by molar-refractivity contribution is 0.140. The van der Waals surface area contributed by atoms with E-state index in [9.17, 15) is 0 Å². The van der Waals surface area contributed by atoms with Gasteiger partial charge in [0, 0.05) is 16.8 Å². The lowest BCUT2D eigenvalue weighted by Gasteiger charge is -2.45. The summed E-state index contributed by atoms with van der Waals surface area (Å²) in [6, 6.07) is 25.0. The van der Waals surface area contributed by atoms with Crippen molar-refractivity contribution in [2.24, 2.45) is 17.8 Å². The number of benzene rings is 4. The number of hydrogen-bond acceptors (Lipinski definition) is 4. The molecule has 2 aliphatic carbocycles. The first-order chi connectivity index (χ1) is 22.6. The number of ether oxygens (including phenoxy) is 2. The highest BCUT2D eigenvalue weighted by Gasteiger charge is 2.42. The third kappa shape index (κ3) is 7.17. The van der Waals surface area contributed by atoms with Crippen LogP contribution in [0.2, 0.25) is 0 Å². The average molecular weight is 631 g/mol. The predicted molar refractivity (Wildman–Crippen MR) is 197 cm³/mol. The Morgan fingerprint density at radius 3 is 1.34 bits per heavy atom. The summed E-state index contributed by atoms with van der Waals surface area (Å²) in [5, 5.41) is 0. The van der Waals surface area contributed by atoms with E-state index in [1.165, 1.54) is 97.6 Å². The molecule has 4 aromatic carbocycles. The van der Waals surface area contributed by atoms with Crippen LogP contribution in [0.1, 0.15) is 105 Å². The van der Waals surface area contributed by atoms with E-state index >= 15 is 0 Å². The molecule has 0 atom stereocenters. The van der Waals surface area contributed by atoms with Crippen LogP contribution in [0.15, 0.2) is 72.8 Å². The summed E-state index contributed by atoms with van der Waals surface area (Å²) >= 11 is 0. The predicted octanol–water partition coefficient (Wildman–Crippen LogP) is 11.8. The van der Waals surface area contributed by atoms with Crippen LogP contribution in [0, 0.1) is 45.4 Å². The van der Waals surface area contributed by atoms with Gasteiger partial charge in [-0.1, -0.05) is 56.9 Å². The van der Waals surface area contributed by atoms with Crippen LogP contribution >= 0.6 is 0 Å². The molecular weight excluding hydrogens is 576 g/mol. The van der Waals surface area contributed by atoms with E-state index in [2.05, 4.69) is 58.9 Å². The fourth-order valence-electron chi connectivity index (χ4n) is 8.79. The van der Waals surface area contributed by atoms with E-state index in [-0.39, 0.29) is 5.41 Å². The topological polar surface area (TPSA) is 70.5 Å². The average Bonchev–Trinajstić information content (AvgIpc) is 3.06. The molecule has 47 heavy (non-hydrogen) atoms. The van der Waals surface area contributed by atoms with E-state index in [0.29, 0.717) is 0 Å². The quantitative estimate of drug-likeness (QED) is 0.181. The van der Waals surface area contributed by atoms with Crippen molar-refractivity contribution in [3.63, 3.8) is 0 Å². The summed E-state index contributed by atoms with van der Waals surface area (Å²) in [6.45, 7) is 11.1. The maximum atomic E-state index is 6.44. The number of aryl methyl sites for hydroxylation is 4. The monoisotopic (exact) mass is 630 g/mol. The van der Waals surface area contributed by atoms with Gasteiger partial charge in [-0.05, 0) is 166 Å². The van der Waals surface area contributed by atoms with Crippen LogP contribution in [-0.4, -0.2) is 0 Å². The van der Waals surface area contributed by atoms with Crippen LogP contribution < -0.4 is 20.9 Å². The van der Waals surface area contributed by atoms with E-state index in [1.54, 1.807) is 0 Å². The van der Waals surface area contributed by atoms with Crippen molar-refractivity contribution in [1.82, 2.24) is 0 Å². The van der Waals surface area contributed by atoms with Gasteiger partial charge in [0.15, 0.2) is 0 Å². The van der Waals surface area contributed by atoms with Gasteiger partial charge in [-0.2, -0.15) is 0 Å². The van der Waals surface area contributed by atoms with Crippen LogP contribution in [0.4, 0.5) is 11.4 Å². The highest BCUT2D eigenvalue weighted by molar-refractivity contribution is 5.55. The molecular formula is C43H54N2O2. The highest BCUT2D eigenvalue weighted by atomic mass is 16.5. The Bertz CT molecular complexity index is 1510. The number of nitrogen functional groups attached to an aromatic ring is 2. The summed E-state index contributed by atoms with van der Waals surface area (Å²) < 4.78 is 12.9. The Hall–Kier alpha value is -3.92. The smallest absolute Gasteiger partial charge is 0.133 e. The van der Waals surface area contributed by atoms with E-state index in [1.807, 2.05) is 48.5 Å². The maximum absolute atomic E-state index is 6.44. The number of rotatable bonds is 9. The lowest BCUT2D eigenvalue weighted by atomic mass is 9.59. The van der Waals surface area contributed by atoms with Crippen molar-refractivity contribution in [2.45, 2.75) is 104 Å². The first kappa shape index (κ1) is 33.0. The number of nitrogens with two attached hydrogens (primary N) is 2. The molecule has 0 bridgehead atoms. The van der Waals surface area contributed by atoms with Gasteiger partial charge < -0.3 is 20.9 Å².